The summed E-state index contributed by atoms with van der Waals surface area (Å²) in [5.41, 5.74) is 6.27. The van der Waals surface area contributed by atoms with Crippen LogP contribution in [0.4, 0.5) is 5.69 Å². The molecule has 108 valence electrons. The highest BCUT2D eigenvalue weighted by Gasteiger charge is 2.22. The number of rotatable bonds is 7. The molecule has 7 heteroatoms. The Morgan fingerprint density at radius 3 is 2.47 bits per heavy atom. The lowest BCUT2D eigenvalue weighted by molar-refractivity contribution is 0.214. The summed E-state index contributed by atoms with van der Waals surface area (Å²) in [7, 11) is -1.83. The van der Waals surface area contributed by atoms with Gasteiger partial charge < -0.3 is 10.8 Å². The van der Waals surface area contributed by atoms with Gasteiger partial charge in [-0.1, -0.05) is 0 Å². The monoisotopic (exact) mass is 304 g/mol. The van der Waals surface area contributed by atoms with Crippen LogP contribution < -0.4 is 5.73 Å². The molecular formula is C12H20N2O3S2. The highest BCUT2D eigenvalue weighted by molar-refractivity contribution is 8.00. The van der Waals surface area contributed by atoms with Crippen LogP contribution in [0.25, 0.3) is 0 Å². The second-order valence-electron chi connectivity index (χ2n) is 4.28. The van der Waals surface area contributed by atoms with Gasteiger partial charge in [-0.2, -0.15) is 4.31 Å². The third-order valence-corrected chi connectivity index (χ3v) is 6.04. The number of hydrogen-bond acceptors (Lipinski definition) is 5. The molecule has 0 aliphatic carbocycles. The predicted octanol–water partition coefficient (Wildman–Crippen LogP) is 1.00. The highest BCUT2D eigenvalue weighted by atomic mass is 32.2. The molecule has 0 aromatic heterocycles. The minimum atomic E-state index is -3.32. The van der Waals surface area contributed by atoms with Gasteiger partial charge in [0.1, 0.15) is 0 Å². The van der Waals surface area contributed by atoms with Gasteiger partial charge in [0.05, 0.1) is 12.4 Å². The molecule has 0 amide bonds. The van der Waals surface area contributed by atoms with E-state index in [-0.39, 0.29) is 12.4 Å². The number of nitrogens with two attached hydrogens (primary N) is 1. The normalized spacial score (nSPS) is 13.7. The van der Waals surface area contributed by atoms with E-state index in [0.717, 1.165) is 4.90 Å². The molecule has 1 atom stereocenters. The molecule has 1 aromatic carbocycles. The molecule has 0 bridgehead atoms. The Hall–Kier alpha value is -0.760. The van der Waals surface area contributed by atoms with Crippen molar-refractivity contribution in [3.63, 3.8) is 0 Å². The van der Waals surface area contributed by atoms with Gasteiger partial charge in [-0.15, -0.1) is 11.8 Å². The van der Waals surface area contributed by atoms with Crippen molar-refractivity contribution in [3.8, 4) is 0 Å². The number of nitrogens with zero attached hydrogens (tertiary/aromatic N) is 1. The van der Waals surface area contributed by atoms with Crippen molar-refractivity contribution < 1.29 is 13.5 Å². The molecule has 1 rings (SSSR count). The molecular weight excluding hydrogens is 284 g/mol. The number of nitrogen functional groups attached to an aromatic ring is 1. The highest BCUT2D eigenvalue weighted by Crippen LogP contribution is 2.20. The zero-order valence-electron chi connectivity index (χ0n) is 11.1. The average Bonchev–Trinajstić information content (AvgIpc) is 2.39. The topological polar surface area (TPSA) is 83.6 Å². The van der Waals surface area contributed by atoms with E-state index in [1.165, 1.54) is 23.1 Å². The Balaban J connectivity index is 2.50. The van der Waals surface area contributed by atoms with Gasteiger partial charge in [0.15, 0.2) is 0 Å². The second-order valence-corrected chi connectivity index (χ2v) is 7.60. The summed E-state index contributed by atoms with van der Waals surface area (Å²) in [6.07, 6.45) is 0. The smallest absolute Gasteiger partial charge is 0.214 e. The zero-order chi connectivity index (χ0) is 14.5. The third-order valence-electron chi connectivity index (χ3n) is 2.81. The molecule has 1 unspecified atom stereocenters. The molecule has 0 heterocycles. The summed E-state index contributed by atoms with van der Waals surface area (Å²) < 4.78 is 25.1. The summed E-state index contributed by atoms with van der Waals surface area (Å²) in [4.78, 5) is 0.988. The number of benzene rings is 1. The molecule has 0 aliphatic rings. The van der Waals surface area contributed by atoms with Crippen LogP contribution in [0, 0.1) is 0 Å². The van der Waals surface area contributed by atoms with Crippen molar-refractivity contribution in [2.75, 3.05) is 30.9 Å². The van der Waals surface area contributed by atoms with Crippen molar-refractivity contribution in [3.05, 3.63) is 24.3 Å². The van der Waals surface area contributed by atoms with Crippen LogP contribution in [0.15, 0.2) is 29.2 Å². The Labute approximate surface area is 118 Å². The summed E-state index contributed by atoms with van der Waals surface area (Å²) >= 11 is 1.47. The van der Waals surface area contributed by atoms with Crippen LogP contribution in [0.2, 0.25) is 0 Å². The SMILES string of the molecule is CC(CO)N(C)S(=O)(=O)CCSc1ccc(N)cc1. The number of hydrogen-bond donors (Lipinski definition) is 2. The maximum Gasteiger partial charge on any atom is 0.214 e. The Morgan fingerprint density at radius 2 is 1.95 bits per heavy atom. The number of aliphatic hydroxyl groups excluding tert-OH is 1. The van der Waals surface area contributed by atoms with E-state index in [2.05, 4.69) is 0 Å². The maximum atomic E-state index is 12.0. The lowest BCUT2D eigenvalue weighted by atomic mass is 10.3. The predicted molar refractivity (Wildman–Crippen MR) is 79.7 cm³/mol. The van der Waals surface area contributed by atoms with Crippen LogP contribution in [0.1, 0.15) is 6.92 Å². The second kappa shape index (κ2) is 7.14. The number of aliphatic hydroxyl groups is 1. The number of anilines is 1. The van der Waals surface area contributed by atoms with Gasteiger partial charge in [0.25, 0.3) is 0 Å². The first-order chi connectivity index (χ1) is 8.86. The summed E-state index contributed by atoms with van der Waals surface area (Å²) in [5.74, 6) is 0.512. The van der Waals surface area contributed by atoms with Gasteiger partial charge in [0, 0.05) is 29.4 Å². The van der Waals surface area contributed by atoms with Crippen LogP contribution in [-0.2, 0) is 10.0 Å². The van der Waals surface area contributed by atoms with Crippen molar-refractivity contribution in [2.24, 2.45) is 0 Å². The Morgan fingerprint density at radius 1 is 1.37 bits per heavy atom. The van der Waals surface area contributed by atoms with Gasteiger partial charge in [0.2, 0.25) is 10.0 Å². The molecule has 0 fully saturated rings. The van der Waals surface area contributed by atoms with Crippen LogP contribution in [0.5, 0.6) is 0 Å². The zero-order valence-corrected chi connectivity index (χ0v) is 12.7. The number of likely N-dealkylation sites (N-methyl/N-ethyl adjacent to an activating group) is 1. The van der Waals surface area contributed by atoms with Gasteiger partial charge >= 0.3 is 0 Å². The number of thioether (sulfide) groups is 1. The van der Waals surface area contributed by atoms with E-state index < -0.39 is 16.1 Å². The van der Waals surface area contributed by atoms with Crippen LogP contribution in [-0.4, -0.2) is 49.0 Å². The first kappa shape index (κ1) is 16.3. The summed E-state index contributed by atoms with van der Waals surface area (Å²) in [6.45, 7) is 1.49. The quantitative estimate of drug-likeness (QED) is 0.580. The fraction of sp³-hybridized carbons (Fsp3) is 0.500. The van der Waals surface area contributed by atoms with Crippen molar-refractivity contribution >= 4 is 27.5 Å². The van der Waals surface area contributed by atoms with Gasteiger partial charge in [-0.05, 0) is 31.2 Å². The van der Waals surface area contributed by atoms with Gasteiger partial charge in [-0.3, -0.25) is 0 Å². The molecule has 0 saturated carbocycles. The van der Waals surface area contributed by atoms with Crippen LogP contribution in [0.3, 0.4) is 0 Å². The first-order valence-electron chi connectivity index (χ1n) is 5.91. The third kappa shape index (κ3) is 5.02. The molecule has 1 aromatic rings. The van der Waals surface area contributed by atoms with Gasteiger partial charge in [-0.25, -0.2) is 8.42 Å². The van der Waals surface area contributed by atoms with E-state index in [1.807, 2.05) is 12.1 Å². The van der Waals surface area contributed by atoms with E-state index in [0.29, 0.717) is 11.4 Å². The number of sulfonamides is 1. The Bertz CT molecular complexity index is 488. The molecule has 0 aliphatic heterocycles. The lowest BCUT2D eigenvalue weighted by Crippen LogP contribution is -2.39. The molecule has 0 saturated heterocycles. The minimum Gasteiger partial charge on any atom is -0.399 e. The molecule has 0 spiro atoms. The summed E-state index contributed by atoms with van der Waals surface area (Å²) in [6, 6.07) is 6.92. The van der Waals surface area contributed by atoms with E-state index >= 15 is 0 Å². The fourth-order valence-corrected chi connectivity index (χ4v) is 4.01. The van der Waals surface area contributed by atoms with E-state index in [9.17, 15) is 8.42 Å². The standard InChI is InChI=1S/C12H20N2O3S2/c1-10(9-15)14(2)19(16,17)8-7-18-12-5-3-11(13)4-6-12/h3-6,10,15H,7-9,13H2,1-2H3. The molecule has 3 N–H and O–H groups in total. The fourth-order valence-electron chi connectivity index (χ4n) is 1.36. The maximum absolute atomic E-state index is 12.0. The van der Waals surface area contributed by atoms with Crippen LogP contribution >= 0.6 is 11.8 Å². The van der Waals surface area contributed by atoms with E-state index in [4.69, 9.17) is 10.8 Å². The largest absolute Gasteiger partial charge is 0.399 e. The first-order valence-corrected chi connectivity index (χ1v) is 8.51. The summed E-state index contributed by atoms with van der Waals surface area (Å²) in [5, 5.41) is 8.97. The lowest BCUT2D eigenvalue weighted by Gasteiger charge is -2.22. The van der Waals surface area contributed by atoms with E-state index in [1.54, 1.807) is 19.1 Å². The van der Waals surface area contributed by atoms with Crippen molar-refractivity contribution in [1.29, 1.82) is 0 Å². The average molecular weight is 304 g/mol. The van der Waals surface area contributed by atoms with Crippen molar-refractivity contribution in [2.45, 2.75) is 17.9 Å². The molecule has 5 nitrogen and oxygen atoms in total. The molecule has 0 radical (unpaired) electrons. The van der Waals surface area contributed by atoms with Crippen molar-refractivity contribution in [1.82, 2.24) is 4.31 Å². The minimum absolute atomic E-state index is 0.0445. The Kier molecular flexibility index (Phi) is 6.12. The molecule has 19 heavy (non-hydrogen) atoms.